The number of aliphatic hydroxyl groups excluding tert-OH is 3. The number of Topliss-reactive ketones (excluding diaryl/α,β-unsaturated/α-hetero) is 1. The molecular formula is C60H93N4NaO29. The van der Waals surface area contributed by atoms with Crippen molar-refractivity contribution in [2.75, 3.05) is 32.8 Å². The van der Waals surface area contributed by atoms with Gasteiger partial charge in [0.25, 0.3) is 0 Å². The minimum Gasteiger partial charge on any atom is -0.550 e. The topological polar surface area (TPSA) is 471 Å². The summed E-state index contributed by atoms with van der Waals surface area (Å²) >= 11 is 0. The quantitative estimate of drug-likeness (QED) is 0.0183. The molecule has 5 saturated heterocycles. The molecule has 2 spiro atoms. The van der Waals surface area contributed by atoms with Crippen LogP contribution in [0.25, 0.3) is 0 Å². The number of hydrogen-bond acceptors (Lipinski definition) is 29. The summed E-state index contributed by atoms with van der Waals surface area (Å²) in [4.78, 5) is 114. The van der Waals surface area contributed by atoms with E-state index in [1.807, 2.05) is 41.5 Å². The Morgan fingerprint density at radius 2 is 1.20 bits per heavy atom. The molecule has 6 aliphatic rings. The predicted octanol–water partition coefficient (Wildman–Crippen LogP) is -0.493. The van der Waals surface area contributed by atoms with Crippen LogP contribution in [0.5, 0.6) is 0 Å². The molecule has 23 atom stereocenters. The van der Waals surface area contributed by atoms with Gasteiger partial charge < -0.3 is 77.7 Å². The average molecular weight is 1360 g/mol. The van der Waals surface area contributed by atoms with Gasteiger partial charge in [-0.1, -0.05) is 55.4 Å². The van der Waals surface area contributed by atoms with Crippen LogP contribution in [0.15, 0.2) is 12.2 Å². The van der Waals surface area contributed by atoms with Gasteiger partial charge >= 0.3 is 53.4 Å². The van der Waals surface area contributed by atoms with Crippen molar-refractivity contribution in [1.82, 2.24) is 0 Å². The van der Waals surface area contributed by atoms with E-state index in [1.165, 1.54) is 0 Å². The van der Waals surface area contributed by atoms with Gasteiger partial charge in [-0.15, -0.1) is 0 Å². The Morgan fingerprint density at radius 3 is 1.71 bits per heavy atom. The molecule has 6 heterocycles. The summed E-state index contributed by atoms with van der Waals surface area (Å²) < 4.78 is 58.5. The largest absolute Gasteiger partial charge is 1.00 e. The van der Waals surface area contributed by atoms with Crippen molar-refractivity contribution in [3.05, 3.63) is 52.6 Å². The molecule has 0 saturated carbocycles. The number of hydrogen-bond donors (Lipinski definition) is 4. The number of rotatable bonds is 29. The van der Waals surface area contributed by atoms with Crippen LogP contribution in [0.4, 0.5) is 0 Å². The van der Waals surface area contributed by atoms with Crippen LogP contribution < -0.4 is 34.7 Å². The van der Waals surface area contributed by atoms with Gasteiger partial charge in [-0.05, 0) is 95.6 Å². The summed E-state index contributed by atoms with van der Waals surface area (Å²) in [5.41, 5.74) is -1.64. The molecule has 0 radical (unpaired) electrons. The van der Waals surface area contributed by atoms with Gasteiger partial charge in [0, 0.05) is 61.7 Å². The van der Waals surface area contributed by atoms with Crippen molar-refractivity contribution < 1.29 is 151 Å². The van der Waals surface area contributed by atoms with Gasteiger partial charge in [0.2, 0.25) is 32.0 Å². The SMILES string of the molecule is CCC(C(=O)[O-])C1CCC(C)C(C(C)C(O)C(C)C(=O)C(CC)C2OC3(C=CC(O)C4(CCC(C)(C5CCC(O)(CC)C(C)O5)O4)O3)C(C)CC2C)O1.O=C(CC[N+](=O)[O-])OCC1OC(O)C(OC(=O)CC[N+](=O)[O-])C(OC(=O)CC[N+](=O)[O-])C1OC(=O)CC[N+](=O)[O-].[Na+]. The van der Waals surface area contributed by atoms with Crippen LogP contribution in [0.3, 0.4) is 0 Å². The fourth-order valence-electron chi connectivity index (χ4n) is 13.5. The molecule has 6 aliphatic heterocycles. The second kappa shape index (κ2) is 35.5. The van der Waals surface area contributed by atoms with Crippen molar-refractivity contribution in [3.63, 3.8) is 0 Å². The van der Waals surface area contributed by atoms with E-state index in [1.54, 1.807) is 19.1 Å². The Labute approximate surface area is 566 Å². The maximum atomic E-state index is 14.4. The fourth-order valence-corrected chi connectivity index (χ4v) is 13.5. The van der Waals surface area contributed by atoms with Gasteiger partial charge in [0.15, 0.2) is 30.4 Å². The molecule has 23 unspecified atom stereocenters. The number of carboxylic acids is 1. The number of ketones is 1. The Balaban J connectivity index is 0.000000413. The molecular weight excluding hydrogens is 1260 g/mol. The summed E-state index contributed by atoms with van der Waals surface area (Å²) in [6, 6.07) is 0. The van der Waals surface area contributed by atoms with Crippen molar-refractivity contribution >= 4 is 35.6 Å². The molecule has 6 rings (SSSR count). The summed E-state index contributed by atoms with van der Waals surface area (Å²) in [5, 5.41) is 98.7. The third-order valence-electron chi connectivity index (χ3n) is 19.2. The first-order chi connectivity index (χ1) is 43.5. The number of nitro groups is 4. The van der Waals surface area contributed by atoms with E-state index in [0.29, 0.717) is 57.8 Å². The van der Waals surface area contributed by atoms with Crippen LogP contribution in [0.2, 0.25) is 0 Å². The first-order valence-electron chi connectivity index (χ1n) is 32.0. The Bertz CT molecular complexity index is 2680. The summed E-state index contributed by atoms with van der Waals surface area (Å²) in [6.45, 7) is 15.0. The zero-order chi connectivity index (χ0) is 69.7. The molecule has 0 bridgehead atoms. The molecule has 0 aliphatic carbocycles. The molecule has 0 aromatic carbocycles. The van der Waals surface area contributed by atoms with E-state index in [-0.39, 0.29) is 65.3 Å². The summed E-state index contributed by atoms with van der Waals surface area (Å²) in [6.07, 6.45) is -7.95. The molecule has 5 fully saturated rings. The van der Waals surface area contributed by atoms with Crippen LogP contribution in [0, 0.1) is 81.9 Å². The number of aliphatic hydroxyl groups is 4. The molecule has 528 valence electrons. The monoisotopic (exact) mass is 1360 g/mol. The molecule has 34 heteroatoms. The third-order valence-corrected chi connectivity index (χ3v) is 19.2. The molecule has 94 heavy (non-hydrogen) atoms. The second-order valence-electron chi connectivity index (χ2n) is 25.7. The van der Waals surface area contributed by atoms with Crippen LogP contribution in [-0.2, 0) is 76.1 Å². The van der Waals surface area contributed by atoms with Crippen molar-refractivity contribution in [2.24, 2.45) is 41.4 Å². The minimum atomic E-state index is -2.22. The predicted molar refractivity (Wildman–Crippen MR) is 313 cm³/mol. The van der Waals surface area contributed by atoms with Crippen LogP contribution in [0.1, 0.15) is 159 Å². The first kappa shape index (κ1) is 81.4. The maximum absolute atomic E-state index is 14.4. The van der Waals surface area contributed by atoms with E-state index in [9.17, 15) is 94.8 Å². The number of carbonyl (C=O) groups is 6. The Kier molecular flexibility index (Phi) is 30.7. The zero-order valence-electron chi connectivity index (χ0n) is 55.3. The smallest absolute Gasteiger partial charge is 0.550 e. The van der Waals surface area contributed by atoms with Crippen molar-refractivity contribution in [1.29, 1.82) is 0 Å². The average Bonchev–Trinajstić information content (AvgIpc) is 1.44. The van der Waals surface area contributed by atoms with Crippen LogP contribution >= 0.6 is 0 Å². The van der Waals surface area contributed by atoms with E-state index in [4.69, 9.17) is 47.4 Å². The first-order valence-corrected chi connectivity index (χ1v) is 32.0. The summed E-state index contributed by atoms with van der Waals surface area (Å²) in [5.74, 6) is -11.3. The number of aliphatic carboxylic acids is 1. The van der Waals surface area contributed by atoms with E-state index in [0.717, 1.165) is 6.42 Å². The minimum absolute atomic E-state index is 0. The number of carbonyl (C=O) groups excluding carboxylic acids is 6. The molecule has 0 aromatic rings. The van der Waals surface area contributed by atoms with Gasteiger partial charge in [-0.3, -0.25) is 64.4 Å². The molecule has 0 aromatic heterocycles. The number of nitrogens with zero attached hydrogens (tertiary/aromatic N) is 4. The van der Waals surface area contributed by atoms with E-state index >= 15 is 0 Å². The van der Waals surface area contributed by atoms with Crippen LogP contribution in [-0.4, -0.2) is 205 Å². The fraction of sp³-hybridized carbons (Fsp3) is 0.867. The normalized spacial score (nSPS) is 35.3. The van der Waals surface area contributed by atoms with Gasteiger partial charge in [-0.2, -0.15) is 0 Å². The molecule has 0 amide bonds. The number of carboxylic acid groups (broad SMARTS) is 1. The molecule has 33 nitrogen and oxygen atoms in total. The van der Waals surface area contributed by atoms with E-state index < -0.39 is 216 Å². The van der Waals surface area contributed by atoms with Crippen molar-refractivity contribution in [3.8, 4) is 0 Å². The van der Waals surface area contributed by atoms with Crippen molar-refractivity contribution in [2.45, 2.75) is 255 Å². The maximum Gasteiger partial charge on any atom is 1.00 e. The number of esters is 4. The Morgan fingerprint density at radius 1 is 0.670 bits per heavy atom. The third kappa shape index (κ3) is 20.8. The zero-order valence-corrected chi connectivity index (χ0v) is 57.3. The van der Waals surface area contributed by atoms with Gasteiger partial charge in [-0.25, -0.2) is 0 Å². The number of ether oxygens (including phenoxy) is 10. The summed E-state index contributed by atoms with van der Waals surface area (Å²) in [7, 11) is 0. The van der Waals surface area contributed by atoms with Gasteiger partial charge in [0.1, 0.15) is 50.3 Å². The molecule has 4 N–H and O–H groups in total. The van der Waals surface area contributed by atoms with Gasteiger partial charge in [0.05, 0.1) is 47.8 Å². The standard InChI is InChI=1S/C42H70O11.C18H24N4O18.Na/c1-11-29(38(46)47)31-15-14-23(4)36(50-31)27(8)34(44)26(7)35(45)30(12-2)37-24(5)22-25(6)41(51-37)19-16-32(43)42(53-41)21-20-39(10,52-42)33-17-18-40(48,13-3)28(9)49-33;23-11(1-5-19(28)29)36-9-10-15(38-12(24)2-6-20(30)31)16(39-13(25)3-7-21(32)33)17(18(27)37-10)40-14(26)4-8-22(34)35;/h16,19,23-34,36-37,43-44,48H,11-15,17-18,20-22H2,1-10H3,(H,46,47);10,15-18,27H,1-9H2;/q;;+1/p-1. The van der Waals surface area contributed by atoms with E-state index in [2.05, 4.69) is 20.8 Å². The Hall–Kier alpha value is -5.04. The second-order valence-corrected chi connectivity index (χ2v) is 25.7.